The highest BCUT2D eigenvalue weighted by Gasteiger charge is 2.38. The fourth-order valence-corrected chi connectivity index (χ4v) is 11.2. The summed E-state index contributed by atoms with van der Waals surface area (Å²) in [5.74, 6) is 0. The maximum absolute atomic E-state index is 2.50. The lowest BCUT2D eigenvalue weighted by atomic mass is 9.80. The third kappa shape index (κ3) is 5.39. The summed E-state index contributed by atoms with van der Waals surface area (Å²) in [6, 6.07) is 77.5. The normalized spacial score (nSPS) is 14.1. The van der Waals surface area contributed by atoms with Crippen molar-refractivity contribution in [1.82, 2.24) is 0 Å². The van der Waals surface area contributed by atoms with Gasteiger partial charge in [0.1, 0.15) is 0 Å². The first-order valence-corrected chi connectivity index (χ1v) is 22.0. The highest BCUT2D eigenvalue weighted by Crippen LogP contribution is 2.55. The Labute approximate surface area is 364 Å². The molecule has 294 valence electrons. The molecule has 10 aromatic carbocycles. The van der Waals surface area contributed by atoms with Crippen molar-refractivity contribution in [3.63, 3.8) is 0 Å². The number of benzene rings is 10. The molecule has 0 radical (unpaired) electrons. The van der Waals surface area contributed by atoms with Crippen LogP contribution in [0.15, 0.2) is 206 Å². The van der Waals surface area contributed by atoms with Crippen LogP contribution in [0.5, 0.6) is 0 Å². The average Bonchev–Trinajstić information content (AvgIpc) is 3.70. The zero-order valence-corrected chi connectivity index (χ0v) is 35.6. The maximum Gasteiger partial charge on any atom is 0.0159 e. The second-order valence-corrected chi connectivity index (χ2v) is 18.4. The Kier molecular flexibility index (Phi) is 8.03. The molecule has 12 rings (SSSR count). The van der Waals surface area contributed by atoms with Crippen LogP contribution in [0.2, 0.25) is 0 Å². The number of fused-ring (bicyclic) bond motifs is 8. The summed E-state index contributed by atoms with van der Waals surface area (Å²) in [7, 11) is 0. The van der Waals surface area contributed by atoms with Gasteiger partial charge in [0.2, 0.25) is 0 Å². The molecule has 0 amide bonds. The minimum absolute atomic E-state index is 0.0850. The van der Waals surface area contributed by atoms with E-state index in [1.165, 1.54) is 122 Å². The Bertz CT molecular complexity index is 3380. The van der Waals surface area contributed by atoms with Gasteiger partial charge >= 0.3 is 0 Å². The van der Waals surface area contributed by atoms with E-state index in [2.05, 4.69) is 234 Å². The van der Waals surface area contributed by atoms with Crippen LogP contribution >= 0.6 is 0 Å². The summed E-state index contributed by atoms with van der Waals surface area (Å²) < 4.78 is 0. The summed E-state index contributed by atoms with van der Waals surface area (Å²) in [6.07, 6.45) is 0. The summed E-state index contributed by atoms with van der Waals surface area (Å²) in [6.45, 7) is 9.52. The van der Waals surface area contributed by atoms with Gasteiger partial charge < -0.3 is 0 Å². The Morgan fingerprint density at radius 3 is 1.39 bits per heavy atom. The molecule has 2 aliphatic rings. The van der Waals surface area contributed by atoms with Crippen molar-refractivity contribution < 1.29 is 0 Å². The first kappa shape index (κ1) is 36.6. The second-order valence-electron chi connectivity index (χ2n) is 18.4. The molecule has 0 fully saturated rings. The molecule has 2 aliphatic carbocycles. The van der Waals surface area contributed by atoms with Crippen molar-refractivity contribution >= 4 is 21.5 Å². The molecule has 10 aromatic rings. The zero-order chi connectivity index (χ0) is 41.7. The van der Waals surface area contributed by atoms with Gasteiger partial charge in [-0.2, -0.15) is 0 Å². The van der Waals surface area contributed by atoms with Gasteiger partial charge in [0, 0.05) is 10.8 Å². The summed E-state index contributed by atoms with van der Waals surface area (Å²) in [5.41, 5.74) is 23.1. The van der Waals surface area contributed by atoms with Crippen LogP contribution in [0.3, 0.4) is 0 Å². The largest absolute Gasteiger partial charge is 0.0622 e. The first-order chi connectivity index (χ1) is 30.3. The number of hydrogen-bond donors (Lipinski definition) is 0. The number of hydrogen-bond acceptors (Lipinski definition) is 0. The molecule has 0 spiro atoms. The van der Waals surface area contributed by atoms with Gasteiger partial charge in [-0.3, -0.25) is 0 Å². The molecule has 0 aliphatic heterocycles. The summed E-state index contributed by atoms with van der Waals surface area (Å²) in [5, 5.41) is 5.04. The molecule has 0 saturated heterocycles. The summed E-state index contributed by atoms with van der Waals surface area (Å²) >= 11 is 0. The fourth-order valence-electron chi connectivity index (χ4n) is 11.2. The molecular weight excluding hydrogens is 745 g/mol. The predicted octanol–water partition coefficient (Wildman–Crippen LogP) is 16.9. The van der Waals surface area contributed by atoms with Gasteiger partial charge in [0.15, 0.2) is 0 Å². The Balaban J connectivity index is 1.18. The van der Waals surface area contributed by atoms with Crippen molar-refractivity contribution in [2.45, 2.75) is 38.5 Å². The topological polar surface area (TPSA) is 0 Å². The standard InChI is InChI=1S/C62H46/c1-61(2)55-28-16-14-25-51(55)60-52(26-17-29-56(60)61)59-49-24-12-11-23-48(49)58(45-35-43(39-18-7-5-8-19-39)34-44(36-45)40-20-9-6-10-21-40)50-33-31-41(37-53(50)59)42-30-32-47-46-22-13-15-27-54(46)62(3,4)57(47)38-42/h5-38H,1-4H3. The van der Waals surface area contributed by atoms with Crippen molar-refractivity contribution in [3.05, 3.63) is 229 Å². The van der Waals surface area contributed by atoms with E-state index < -0.39 is 0 Å². The van der Waals surface area contributed by atoms with E-state index in [1.54, 1.807) is 0 Å². The smallest absolute Gasteiger partial charge is 0.0159 e. The predicted molar refractivity (Wildman–Crippen MR) is 264 cm³/mol. The van der Waals surface area contributed by atoms with Crippen LogP contribution in [-0.2, 0) is 10.8 Å². The molecule has 0 atom stereocenters. The van der Waals surface area contributed by atoms with E-state index in [4.69, 9.17) is 0 Å². The second kappa shape index (κ2) is 13.6. The monoisotopic (exact) mass is 790 g/mol. The Morgan fingerprint density at radius 2 is 0.694 bits per heavy atom. The van der Waals surface area contributed by atoms with Crippen molar-refractivity contribution in [1.29, 1.82) is 0 Å². The van der Waals surface area contributed by atoms with Crippen LogP contribution in [-0.4, -0.2) is 0 Å². The summed E-state index contributed by atoms with van der Waals surface area (Å²) in [4.78, 5) is 0. The van der Waals surface area contributed by atoms with Gasteiger partial charge in [-0.15, -0.1) is 0 Å². The molecule has 0 heteroatoms. The van der Waals surface area contributed by atoms with Gasteiger partial charge in [0.25, 0.3) is 0 Å². The maximum atomic E-state index is 2.50. The van der Waals surface area contributed by atoms with Crippen molar-refractivity contribution in [2.24, 2.45) is 0 Å². The molecular formula is C62H46. The van der Waals surface area contributed by atoms with Gasteiger partial charge in [-0.05, 0) is 152 Å². The van der Waals surface area contributed by atoms with E-state index in [0.717, 1.165) is 0 Å². The van der Waals surface area contributed by atoms with Gasteiger partial charge in [-0.1, -0.05) is 204 Å². The average molecular weight is 791 g/mol. The van der Waals surface area contributed by atoms with E-state index in [0.29, 0.717) is 0 Å². The van der Waals surface area contributed by atoms with Crippen LogP contribution in [0.1, 0.15) is 49.9 Å². The van der Waals surface area contributed by atoms with Crippen LogP contribution in [0.25, 0.3) is 99.4 Å². The van der Waals surface area contributed by atoms with Crippen LogP contribution in [0.4, 0.5) is 0 Å². The molecule has 0 N–H and O–H groups in total. The van der Waals surface area contributed by atoms with Gasteiger partial charge in [0.05, 0.1) is 0 Å². The highest BCUT2D eigenvalue weighted by atomic mass is 14.4. The minimum atomic E-state index is -0.112. The van der Waals surface area contributed by atoms with Crippen LogP contribution in [0, 0.1) is 0 Å². The van der Waals surface area contributed by atoms with Gasteiger partial charge in [-0.25, -0.2) is 0 Å². The Morgan fingerprint density at radius 1 is 0.226 bits per heavy atom. The molecule has 62 heavy (non-hydrogen) atoms. The number of rotatable bonds is 5. The highest BCUT2D eigenvalue weighted by molar-refractivity contribution is 6.23. The third-order valence-corrected chi connectivity index (χ3v) is 14.3. The molecule has 0 heterocycles. The lowest BCUT2D eigenvalue weighted by Gasteiger charge is -2.23. The first-order valence-electron chi connectivity index (χ1n) is 22.0. The van der Waals surface area contributed by atoms with E-state index >= 15 is 0 Å². The lowest BCUT2D eigenvalue weighted by molar-refractivity contribution is 0.660. The molecule has 0 aromatic heterocycles. The molecule has 0 unspecified atom stereocenters. The molecule has 0 saturated carbocycles. The third-order valence-electron chi connectivity index (χ3n) is 14.3. The Hall–Kier alpha value is -7.28. The minimum Gasteiger partial charge on any atom is -0.0622 e. The molecule has 0 nitrogen and oxygen atoms in total. The fraction of sp³-hybridized carbons (Fsp3) is 0.0968. The van der Waals surface area contributed by atoms with Crippen molar-refractivity contribution in [3.8, 4) is 77.9 Å². The lowest BCUT2D eigenvalue weighted by Crippen LogP contribution is -2.14. The van der Waals surface area contributed by atoms with E-state index in [1.807, 2.05) is 0 Å². The van der Waals surface area contributed by atoms with E-state index in [-0.39, 0.29) is 10.8 Å². The zero-order valence-electron chi connectivity index (χ0n) is 35.6. The van der Waals surface area contributed by atoms with Crippen LogP contribution < -0.4 is 0 Å². The molecule has 0 bridgehead atoms. The van der Waals surface area contributed by atoms with Crippen molar-refractivity contribution in [2.75, 3.05) is 0 Å². The quantitative estimate of drug-likeness (QED) is 0.152. The SMILES string of the molecule is CC1(C)c2ccccc2-c2ccc(-c3ccc4c(-c5cc(-c6ccccc6)cc(-c6ccccc6)c5)c5ccccc5c(-c5cccc6c5-c5ccccc5C6(C)C)c4c3)cc21. The van der Waals surface area contributed by atoms with E-state index in [9.17, 15) is 0 Å².